The zero-order chi connectivity index (χ0) is 29.1. The first-order valence-corrected chi connectivity index (χ1v) is 14.8. The molecule has 8 nitrogen and oxygen atoms in total. The van der Waals surface area contributed by atoms with E-state index in [0.717, 1.165) is 73.5 Å². The van der Waals surface area contributed by atoms with Crippen LogP contribution in [0.2, 0.25) is 0 Å². The highest BCUT2D eigenvalue weighted by atomic mass is 16.6. The van der Waals surface area contributed by atoms with Crippen molar-refractivity contribution in [1.82, 2.24) is 0 Å². The topological polar surface area (TPSA) is 83.5 Å². The van der Waals surface area contributed by atoms with Crippen molar-refractivity contribution in [2.24, 2.45) is 11.8 Å². The second-order valence-corrected chi connectivity index (χ2v) is 12.5. The van der Waals surface area contributed by atoms with Crippen molar-refractivity contribution >= 4 is 17.6 Å². The van der Waals surface area contributed by atoms with Crippen LogP contribution < -0.4 is 19.1 Å². The largest absolute Gasteiger partial charge is 0.497 e. The number of fused-ring (bicyclic) bond motifs is 1. The van der Waals surface area contributed by atoms with E-state index in [4.69, 9.17) is 23.7 Å². The minimum Gasteiger partial charge on any atom is -0.497 e. The average Bonchev–Trinajstić information content (AvgIpc) is 3.69. The second kappa shape index (κ2) is 12.2. The molecule has 2 fully saturated rings. The predicted octanol–water partition coefficient (Wildman–Crippen LogP) is 5.94. The number of hydrogen-bond acceptors (Lipinski definition) is 8. The Kier molecular flexibility index (Phi) is 8.66. The molecule has 1 saturated carbocycles. The zero-order valence-corrected chi connectivity index (χ0v) is 25.0. The fraction of sp³-hybridized carbons (Fsp3) is 0.576. The van der Waals surface area contributed by atoms with Gasteiger partial charge in [0.25, 0.3) is 0 Å². The molecular weight excluding hydrogens is 522 g/mol. The van der Waals surface area contributed by atoms with E-state index >= 15 is 0 Å². The molecule has 41 heavy (non-hydrogen) atoms. The van der Waals surface area contributed by atoms with Crippen molar-refractivity contribution in [1.29, 1.82) is 0 Å². The van der Waals surface area contributed by atoms with E-state index in [1.165, 1.54) is 7.11 Å². The van der Waals surface area contributed by atoms with E-state index < -0.39 is 5.60 Å². The molecule has 1 aliphatic carbocycles. The summed E-state index contributed by atoms with van der Waals surface area (Å²) in [6, 6.07) is 9.81. The molecule has 2 heterocycles. The number of rotatable bonds is 10. The molecular formula is C33H43NO7. The van der Waals surface area contributed by atoms with Gasteiger partial charge in [0.05, 0.1) is 45.1 Å². The lowest BCUT2D eigenvalue weighted by Gasteiger charge is -2.35. The van der Waals surface area contributed by atoms with Crippen molar-refractivity contribution in [3.05, 3.63) is 47.0 Å². The number of methoxy groups -OCH3 is 2. The summed E-state index contributed by atoms with van der Waals surface area (Å²) in [5.74, 6) is 2.89. The minimum atomic E-state index is -0.572. The molecule has 0 bridgehead atoms. The molecule has 8 heteroatoms. The van der Waals surface area contributed by atoms with Crippen molar-refractivity contribution in [3.63, 3.8) is 0 Å². The first-order chi connectivity index (χ1) is 19.6. The summed E-state index contributed by atoms with van der Waals surface area (Å²) in [5.41, 5.74) is 3.14. The maximum Gasteiger partial charge on any atom is 0.340 e. The third-order valence-corrected chi connectivity index (χ3v) is 8.26. The van der Waals surface area contributed by atoms with Crippen LogP contribution in [0.25, 0.3) is 0 Å². The molecule has 2 aromatic rings. The minimum absolute atomic E-state index is 0.154. The highest BCUT2D eigenvalue weighted by molar-refractivity contribution is 5.96. The molecule has 222 valence electrons. The van der Waals surface area contributed by atoms with Crippen LogP contribution in [0.5, 0.6) is 17.2 Å². The van der Waals surface area contributed by atoms with Gasteiger partial charge in [0.2, 0.25) is 0 Å². The van der Waals surface area contributed by atoms with Gasteiger partial charge in [-0.2, -0.15) is 0 Å². The first-order valence-electron chi connectivity index (χ1n) is 14.8. The lowest BCUT2D eigenvalue weighted by atomic mass is 9.89. The summed E-state index contributed by atoms with van der Waals surface area (Å²) < 4.78 is 28.6. The average molecular weight is 566 g/mol. The van der Waals surface area contributed by atoms with Crippen LogP contribution in [0, 0.1) is 11.8 Å². The highest BCUT2D eigenvalue weighted by Crippen LogP contribution is 2.48. The summed E-state index contributed by atoms with van der Waals surface area (Å²) in [4.78, 5) is 27.4. The molecule has 0 radical (unpaired) electrons. The van der Waals surface area contributed by atoms with Crippen LogP contribution in [-0.4, -0.2) is 58.1 Å². The fourth-order valence-electron chi connectivity index (χ4n) is 5.89. The van der Waals surface area contributed by atoms with Crippen molar-refractivity contribution in [3.8, 4) is 17.2 Å². The molecule has 0 N–H and O–H groups in total. The quantitative estimate of drug-likeness (QED) is 0.328. The van der Waals surface area contributed by atoms with E-state index in [2.05, 4.69) is 17.0 Å². The Balaban J connectivity index is 1.26. The van der Waals surface area contributed by atoms with Gasteiger partial charge in [0.1, 0.15) is 11.4 Å². The van der Waals surface area contributed by atoms with Crippen LogP contribution in [0.15, 0.2) is 30.3 Å². The monoisotopic (exact) mass is 565 g/mol. The molecule has 0 aromatic heterocycles. The van der Waals surface area contributed by atoms with Crippen LogP contribution >= 0.6 is 0 Å². The first kappa shape index (κ1) is 29.1. The van der Waals surface area contributed by atoms with E-state index in [1.807, 2.05) is 26.8 Å². The van der Waals surface area contributed by atoms with Gasteiger partial charge >= 0.3 is 11.9 Å². The van der Waals surface area contributed by atoms with Gasteiger partial charge in [-0.1, -0.05) is 6.07 Å². The van der Waals surface area contributed by atoms with Gasteiger partial charge in [-0.05, 0) is 88.0 Å². The van der Waals surface area contributed by atoms with E-state index in [1.54, 1.807) is 19.2 Å². The number of ether oxygens (including phenoxy) is 5. The predicted molar refractivity (Wildman–Crippen MR) is 156 cm³/mol. The second-order valence-electron chi connectivity index (χ2n) is 12.5. The lowest BCUT2D eigenvalue weighted by Crippen LogP contribution is -2.36. The van der Waals surface area contributed by atoms with Gasteiger partial charge in [-0.3, -0.25) is 4.79 Å². The Morgan fingerprint density at radius 2 is 1.80 bits per heavy atom. The third-order valence-electron chi connectivity index (χ3n) is 8.26. The van der Waals surface area contributed by atoms with Crippen molar-refractivity contribution in [2.45, 2.75) is 70.8 Å². The molecule has 0 amide bonds. The van der Waals surface area contributed by atoms with Gasteiger partial charge in [0.15, 0.2) is 11.5 Å². The third kappa shape index (κ3) is 7.08. The smallest absolute Gasteiger partial charge is 0.340 e. The lowest BCUT2D eigenvalue weighted by molar-refractivity contribution is -0.141. The Hall–Kier alpha value is -3.42. The number of anilines is 1. The molecule has 5 rings (SSSR count). The summed E-state index contributed by atoms with van der Waals surface area (Å²) >= 11 is 0. The number of carbonyl (C=O) groups excluding carboxylic acids is 2. The summed E-state index contributed by atoms with van der Waals surface area (Å²) in [5, 5.41) is 0. The van der Waals surface area contributed by atoms with E-state index in [0.29, 0.717) is 42.8 Å². The van der Waals surface area contributed by atoms with Crippen LogP contribution in [0.4, 0.5) is 5.69 Å². The standard InChI is InChI=1S/C33H43NO7/c1-33(2,3)41-32(36)26-9-8-25(37-4)18-28(26)34-13-10-21(11-14-34)20-40-29-17-24(16-23-12-15-39-31(23)29)27(22-6-7-22)19-30(35)38-5/h8-9,16-18,21-22,27H,6-7,10-15,19-20H2,1-5H3. The van der Waals surface area contributed by atoms with Crippen LogP contribution in [-0.2, 0) is 20.7 Å². The maximum atomic E-state index is 13.0. The van der Waals surface area contributed by atoms with Gasteiger partial charge in [-0.15, -0.1) is 0 Å². The summed E-state index contributed by atoms with van der Waals surface area (Å²) in [6.45, 7) is 8.47. The number of hydrogen-bond donors (Lipinski definition) is 0. The number of esters is 2. The molecule has 2 aliphatic heterocycles. The Morgan fingerprint density at radius 3 is 2.46 bits per heavy atom. The Bertz CT molecular complexity index is 1250. The Morgan fingerprint density at radius 1 is 1.05 bits per heavy atom. The number of carbonyl (C=O) groups is 2. The molecule has 1 atom stereocenters. The van der Waals surface area contributed by atoms with Gasteiger partial charge < -0.3 is 28.6 Å². The number of benzene rings is 2. The number of piperidine rings is 1. The number of nitrogens with zero attached hydrogens (tertiary/aromatic N) is 1. The fourth-order valence-corrected chi connectivity index (χ4v) is 5.89. The van der Waals surface area contributed by atoms with Crippen LogP contribution in [0.1, 0.15) is 80.3 Å². The normalized spacial score (nSPS) is 17.8. The van der Waals surface area contributed by atoms with Crippen molar-refractivity contribution in [2.75, 3.05) is 45.4 Å². The zero-order valence-electron chi connectivity index (χ0n) is 25.0. The highest BCUT2D eigenvalue weighted by Gasteiger charge is 2.36. The maximum absolute atomic E-state index is 13.0. The SMILES string of the molecule is COC(=O)CC(c1cc2c(c(OCC3CCN(c4cc(OC)ccc4C(=O)OC(C)(C)C)CC3)c1)OCC2)C1CC1. The van der Waals surface area contributed by atoms with Crippen LogP contribution in [0.3, 0.4) is 0 Å². The van der Waals surface area contributed by atoms with Crippen molar-refractivity contribution < 1.29 is 33.3 Å². The summed E-state index contributed by atoms with van der Waals surface area (Å²) in [7, 11) is 3.09. The molecule has 0 spiro atoms. The molecule has 1 saturated heterocycles. The Labute approximate surface area is 243 Å². The molecule has 3 aliphatic rings. The summed E-state index contributed by atoms with van der Waals surface area (Å²) in [6.07, 6.45) is 5.41. The van der Waals surface area contributed by atoms with Gasteiger partial charge in [0, 0.05) is 31.1 Å². The molecule has 2 aromatic carbocycles. The van der Waals surface area contributed by atoms with E-state index in [9.17, 15) is 9.59 Å². The van der Waals surface area contributed by atoms with E-state index in [-0.39, 0.29) is 17.9 Å². The molecule has 1 unspecified atom stereocenters. The van der Waals surface area contributed by atoms with Gasteiger partial charge in [-0.25, -0.2) is 4.79 Å².